The van der Waals surface area contributed by atoms with Crippen LogP contribution in [0.4, 0.5) is 0 Å². The minimum absolute atomic E-state index is 0.309. The summed E-state index contributed by atoms with van der Waals surface area (Å²) in [4.78, 5) is 11.1. The van der Waals surface area contributed by atoms with E-state index in [-0.39, 0.29) is 0 Å². The van der Waals surface area contributed by atoms with Crippen molar-refractivity contribution >= 4 is 5.97 Å². The summed E-state index contributed by atoms with van der Waals surface area (Å²) < 4.78 is 0. The van der Waals surface area contributed by atoms with Gasteiger partial charge in [0.15, 0.2) is 0 Å². The Bertz CT molecular complexity index is 421. The molecule has 1 aliphatic carbocycles. The molecule has 0 spiro atoms. The first-order valence-electron chi connectivity index (χ1n) is 5.47. The number of rotatable bonds is 3. The first-order chi connectivity index (χ1) is 7.44. The van der Waals surface area contributed by atoms with Gasteiger partial charge in [0.05, 0.1) is 5.41 Å². The second-order valence-electron chi connectivity index (χ2n) is 4.84. The van der Waals surface area contributed by atoms with Crippen LogP contribution in [0.15, 0.2) is 12.1 Å². The molecule has 0 unspecified atom stereocenters. The van der Waals surface area contributed by atoms with Crippen LogP contribution in [-0.2, 0) is 11.2 Å². The molecule has 1 aliphatic rings. The normalized spacial score (nSPS) is 17.1. The van der Waals surface area contributed by atoms with Gasteiger partial charge in [-0.3, -0.25) is 4.79 Å². The topological polar surface area (TPSA) is 57.5 Å². The zero-order valence-electron chi connectivity index (χ0n) is 9.58. The molecule has 0 atom stereocenters. The fraction of sp³-hybridized carbons (Fsp3) is 0.462. The van der Waals surface area contributed by atoms with E-state index in [0.29, 0.717) is 12.2 Å². The third-order valence-corrected chi connectivity index (χ3v) is 3.40. The molecular weight excluding hydrogens is 204 g/mol. The summed E-state index contributed by atoms with van der Waals surface area (Å²) in [5.74, 6) is -0.389. The van der Waals surface area contributed by atoms with E-state index in [0.717, 1.165) is 29.5 Å². The standard InChI is InChI=1S/C13H16O3/c1-8-5-10(6-9(2)11(8)14)7-13(3-4-13)12(15)16/h5-6,14H,3-4,7H2,1-2H3,(H,15,16). The predicted molar refractivity (Wildman–Crippen MR) is 60.6 cm³/mol. The molecule has 0 amide bonds. The molecule has 1 saturated carbocycles. The number of phenolic OH excluding ortho intramolecular Hbond substituents is 1. The summed E-state index contributed by atoms with van der Waals surface area (Å²) in [6.45, 7) is 3.68. The number of aryl methyl sites for hydroxylation is 2. The number of hydrogen-bond donors (Lipinski definition) is 2. The van der Waals surface area contributed by atoms with Gasteiger partial charge in [0.2, 0.25) is 0 Å². The van der Waals surface area contributed by atoms with Gasteiger partial charge in [0.1, 0.15) is 5.75 Å². The molecule has 1 aromatic carbocycles. The number of carbonyl (C=O) groups is 1. The quantitative estimate of drug-likeness (QED) is 0.822. The number of benzene rings is 1. The van der Waals surface area contributed by atoms with Crippen LogP contribution in [-0.4, -0.2) is 16.2 Å². The molecule has 0 aromatic heterocycles. The van der Waals surface area contributed by atoms with Crippen LogP contribution in [0.3, 0.4) is 0 Å². The van der Waals surface area contributed by atoms with Crippen LogP contribution >= 0.6 is 0 Å². The summed E-state index contributed by atoms with van der Waals surface area (Å²) in [6, 6.07) is 3.76. The number of carboxylic acids is 1. The van der Waals surface area contributed by atoms with Gasteiger partial charge in [0.25, 0.3) is 0 Å². The Morgan fingerprint density at radius 1 is 1.31 bits per heavy atom. The highest BCUT2D eigenvalue weighted by Crippen LogP contribution is 2.48. The Hall–Kier alpha value is -1.51. The van der Waals surface area contributed by atoms with E-state index in [2.05, 4.69) is 0 Å². The molecule has 16 heavy (non-hydrogen) atoms. The smallest absolute Gasteiger partial charge is 0.309 e. The van der Waals surface area contributed by atoms with E-state index in [1.165, 1.54) is 0 Å². The van der Waals surface area contributed by atoms with Gasteiger partial charge in [-0.15, -0.1) is 0 Å². The van der Waals surface area contributed by atoms with Gasteiger partial charge in [0, 0.05) is 0 Å². The van der Waals surface area contributed by atoms with Gasteiger partial charge >= 0.3 is 5.97 Å². The van der Waals surface area contributed by atoms with Crippen LogP contribution in [0.5, 0.6) is 5.75 Å². The van der Waals surface area contributed by atoms with Gasteiger partial charge in [-0.05, 0) is 49.8 Å². The zero-order chi connectivity index (χ0) is 11.9. The lowest BCUT2D eigenvalue weighted by molar-refractivity contribution is -0.143. The molecule has 0 heterocycles. The van der Waals surface area contributed by atoms with Crippen molar-refractivity contribution in [3.63, 3.8) is 0 Å². The maximum atomic E-state index is 11.1. The second-order valence-corrected chi connectivity index (χ2v) is 4.84. The highest BCUT2D eigenvalue weighted by molar-refractivity contribution is 5.78. The van der Waals surface area contributed by atoms with Crippen LogP contribution in [0.2, 0.25) is 0 Å². The van der Waals surface area contributed by atoms with E-state index >= 15 is 0 Å². The largest absolute Gasteiger partial charge is 0.507 e. The average molecular weight is 220 g/mol. The summed E-state index contributed by atoms with van der Waals surface area (Å²) >= 11 is 0. The summed E-state index contributed by atoms with van der Waals surface area (Å²) in [5.41, 5.74) is 2.11. The first kappa shape index (κ1) is 11.0. The number of aromatic hydroxyl groups is 1. The monoisotopic (exact) mass is 220 g/mol. The summed E-state index contributed by atoms with van der Waals surface area (Å²) in [7, 11) is 0. The van der Waals surface area contributed by atoms with Crippen molar-refractivity contribution in [3.05, 3.63) is 28.8 Å². The highest BCUT2D eigenvalue weighted by Gasteiger charge is 2.49. The van der Waals surface area contributed by atoms with E-state index in [9.17, 15) is 9.90 Å². The first-order valence-corrected chi connectivity index (χ1v) is 5.47. The Balaban J connectivity index is 2.26. The lowest BCUT2D eigenvalue weighted by Crippen LogP contribution is -2.17. The molecule has 3 nitrogen and oxygen atoms in total. The molecule has 0 radical (unpaired) electrons. The van der Waals surface area contributed by atoms with Gasteiger partial charge in [-0.1, -0.05) is 12.1 Å². The third kappa shape index (κ3) is 1.77. The van der Waals surface area contributed by atoms with Gasteiger partial charge in [-0.25, -0.2) is 0 Å². The maximum absolute atomic E-state index is 11.1. The number of carboxylic acid groups (broad SMARTS) is 1. The van der Waals surface area contributed by atoms with Crippen molar-refractivity contribution in [2.24, 2.45) is 5.41 Å². The molecule has 2 N–H and O–H groups in total. The van der Waals surface area contributed by atoms with Crippen LogP contribution in [0, 0.1) is 19.3 Å². The average Bonchev–Trinajstić information content (AvgIpc) is 2.95. The van der Waals surface area contributed by atoms with E-state index in [1.54, 1.807) is 0 Å². The Morgan fingerprint density at radius 3 is 2.19 bits per heavy atom. The third-order valence-electron chi connectivity index (χ3n) is 3.40. The Kier molecular flexibility index (Phi) is 2.41. The van der Waals surface area contributed by atoms with Crippen molar-refractivity contribution in [1.82, 2.24) is 0 Å². The van der Waals surface area contributed by atoms with Crippen molar-refractivity contribution in [2.75, 3.05) is 0 Å². The summed E-state index contributed by atoms with van der Waals surface area (Å²) in [5, 5.41) is 18.7. The van der Waals surface area contributed by atoms with Crippen LogP contribution in [0.25, 0.3) is 0 Å². The van der Waals surface area contributed by atoms with E-state index < -0.39 is 11.4 Å². The minimum Gasteiger partial charge on any atom is -0.507 e. The van der Waals surface area contributed by atoms with Crippen LogP contribution in [0.1, 0.15) is 29.5 Å². The van der Waals surface area contributed by atoms with E-state index in [1.807, 2.05) is 26.0 Å². The maximum Gasteiger partial charge on any atom is 0.309 e. The lowest BCUT2D eigenvalue weighted by Gasteiger charge is -2.12. The number of hydrogen-bond acceptors (Lipinski definition) is 2. The zero-order valence-corrected chi connectivity index (χ0v) is 9.58. The number of phenols is 1. The molecule has 1 aromatic rings. The molecule has 1 fully saturated rings. The SMILES string of the molecule is Cc1cc(CC2(C(=O)O)CC2)cc(C)c1O. The molecule has 86 valence electrons. The number of aliphatic carboxylic acids is 1. The molecule has 0 aliphatic heterocycles. The van der Waals surface area contributed by atoms with Crippen molar-refractivity contribution < 1.29 is 15.0 Å². The van der Waals surface area contributed by atoms with Crippen LogP contribution < -0.4 is 0 Å². The second kappa shape index (κ2) is 3.51. The molecule has 0 saturated heterocycles. The lowest BCUT2D eigenvalue weighted by atomic mass is 9.94. The van der Waals surface area contributed by atoms with Crippen molar-refractivity contribution in [2.45, 2.75) is 33.1 Å². The summed E-state index contributed by atoms with van der Waals surface area (Å²) in [6.07, 6.45) is 2.10. The predicted octanol–water partition coefficient (Wildman–Crippen LogP) is 2.42. The Labute approximate surface area is 94.7 Å². The van der Waals surface area contributed by atoms with Crippen molar-refractivity contribution in [1.29, 1.82) is 0 Å². The van der Waals surface area contributed by atoms with Crippen molar-refractivity contribution in [3.8, 4) is 5.75 Å². The van der Waals surface area contributed by atoms with Gasteiger partial charge in [-0.2, -0.15) is 0 Å². The molecule has 2 rings (SSSR count). The van der Waals surface area contributed by atoms with E-state index in [4.69, 9.17) is 5.11 Å². The fourth-order valence-electron chi connectivity index (χ4n) is 2.16. The van der Waals surface area contributed by atoms with Gasteiger partial charge < -0.3 is 10.2 Å². The highest BCUT2D eigenvalue weighted by atomic mass is 16.4. The minimum atomic E-state index is -0.698. The Morgan fingerprint density at radius 2 is 1.81 bits per heavy atom. The fourth-order valence-corrected chi connectivity index (χ4v) is 2.16. The molecule has 3 heteroatoms. The molecule has 0 bridgehead atoms. The molecular formula is C13H16O3.